The van der Waals surface area contributed by atoms with Gasteiger partial charge in [-0.2, -0.15) is 0 Å². The number of aliphatic imine (C=N–C) groups is 1. The van der Waals surface area contributed by atoms with Crippen LogP contribution in [-0.2, 0) is 16.0 Å². The number of carbonyl (C=O) groups excluding carboxylic acids is 2. The highest BCUT2D eigenvalue weighted by molar-refractivity contribution is 6.40. The van der Waals surface area contributed by atoms with Crippen molar-refractivity contribution in [3.8, 4) is 0 Å². The van der Waals surface area contributed by atoms with E-state index < -0.39 is 17.6 Å². The van der Waals surface area contributed by atoms with Crippen molar-refractivity contribution in [3.63, 3.8) is 0 Å². The summed E-state index contributed by atoms with van der Waals surface area (Å²) in [5.74, 6) is -0.224. The maximum absolute atomic E-state index is 12.4. The summed E-state index contributed by atoms with van der Waals surface area (Å²) in [5, 5.41) is 13.3. The molecule has 1 aliphatic heterocycles. The maximum Gasteiger partial charge on any atom is 0.412 e. The predicted molar refractivity (Wildman–Crippen MR) is 136 cm³/mol. The first-order valence-electron chi connectivity index (χ1n) is 11.3. The van der Waals surface area contributed by atoms with Gasteiger partial charge in [-0.25, -0.2) is 15.1 Å². The average molecular weight is 463 g/mol. The van der Waals surface area contributed by atoms with E-state index in [9.17, 15) is 9.59 Å². The van der Waals surface area contributed by atoms with E-state index >= 15 is 0 Å². The van der Waals surface area contributed by atoms with Crippen molar-refractivity contribution in [2.24, 2.45) is 4.99 Å². The van der Waals surface area contributed by atoms with Crippen molar-refractivity contribution in [3.05, 3.63) is 65.9 Å². The van der Waals surface area contributed by atoms with Crippen molar-refractivity contribution >= 4 is 34.9 Å². The molecule has 0 saturated heterocycles. The van der Waals surface area contributed by atoms with E-state index in [2.05, 4.69) is 38.4 Å². The van der Waals surface area contributed by atoms with Crippen LogP contribution in [0.2, 0.25) is 0 Å². The molecule has 0 bridgehead atoms. The van der Waals surface area contributed by atoms with E-state index in [1.807, 2.05) is 44.2 Å². The second-order valence-corrected chi connectivity index (χ2v) is 9.30. The molecule has 0 unspecified atom stereocenters. The molecule has 1 aliphatic rings. The quantitative estimate of drug-likeness (QED) is 0.561. The van der Waals surface area contributed by atoms with Gasteiger partial charge in [0, 0.05) is 29.5 Å². The van der Waals surface area contributed by atoms with Gasteiger partial charge in [-0.1, -0.05) is 30.3 Å². The molecule has 3 rings (SSSR count). The topological polar surface area (TPSA) is 106 Å². The number of hydrogen-bond acceptors (Lipinski definition) is 6. The van der Waals surface area contributed by atoms with Gasteiger partial charge < -0.3 is 15.4 Å². The first-order valence-corrected chi connectivity index (χ1v) is 11.3. The summed E-state index contributed by atoms with van der Waals surface area (Å²) in [5.41, 5.74) is 2.95. The monoisotopic (exact) mass is 462 g/mol. The number of benzene rings is 2. The minimum absolute atomic E-state index is 0.0645. The lowest BCUT2D eigenvalue weighted by Crippen LogP contribution is -2.41. The molecule has 1 radical (unpaired) electrons. The number of ether oxygens (including phenoxy) is 1. The first kappa shape index (κ1) is 24.8. The van der Waals surface area contributed by atoms with Crippen molar-refractivity contribution in [2.75, 3.05) is 17.2 Å². The van der Waals surface area contributed by atoms with Crippen LogP contribution in [0.15, 0.2) is 59.7 Å². The molecule has 0 saturated carbocycles. The minimum atomic E-state index is -0.624. The Morgan fingerprint density at radius 1 is 1.06 bits per heavy atom. The van der Waals surface area contributed by atoms with Crippen molar-refractivity contribution in [1.82, 2.24) is 10.6 Å². The van der Waals surface area contributed by atoms with Crippen LogP contribution in [0, 0.1) is 0 Å². The van der Waals surface area contributed by atoms with Gasteiger partial charge in [0.1, 0.15) is 5.60 Å². The smallest absolute Gasteiger partial charge is 0.412 e. The molecule has 1 heterocycles. The van der Waals surface area contributed by atoms with Gasteiger partial charge in [-0.05, 0) is 64.8 Å². The van der Waals surface area contributed by atoms with Crippen molar-refractivity contribution < 1.29 is 14.3 Å². The second kappa shape index (κ2) is 10.9. The summed E-state index contributed by atoms with van der Waals surface area (Å²) in [6.45, 7) is 9.95. The fraction of sp³-hybridized carbons (Fsp3) is 0.346. The lowest BCUT2D eigenvalue weighted by Gasteiger charge is -2.21. The molecule has 179 valence electrons. The van der Waals surface area contributed by atoms with E-state index in [1.54, 1.807) is 33.0 Å². The molecular formula is C26H32N5O3. The van der Waals surface area contributed by atoms with Crippen LogP contribution in [0.4, 0.5) is 16.2 Å². The van der Waals surface area contributed by atoms with Crippen LogP contribution in [0.1, 0.15) is 45.7 Å². The normalized spacial score (nSPS) is 13.5. The fourth-order valence-electron chi connectivity index (χ4n) is 3.25. The number of nitrogens with zero attached hydrogens (tertiary/aromatic N) is 2. The predicted octanol–water partition coefficient (Wildman–Crippen LogP) is 4.53. The maximum atomic E-state index is 12.4. The number of carbonyl (C=O) groups is 2. The summed E-state index contributed by atoms with van der Waals surface area (Å²) in [6, 6.07) is 15.7. The van der Waals surface area contributed by atoms with Crippen LogP contribution in [0.5, 0.6) is 0 Å². The lowest BCUT2D eigenvalue weighted by atomic mass is 10.1. The molecule has 0 aromatic heterocycles. The van der Waals surface area contributed by atoms with Crippen molar-refractivity contribution in [2.45, 2.75) is 52.7 Å². The van der Waals surface area contributed by atoms with Crippen LogP contribution in [0.3, 0.4) is 0 Å². The Morgan fingerprint density at radius 2 is 1.76 bits per heavy atom. The number of amidine groups is 1. The molecule has 0 fully saturated rings. The third-order valence-corrected chi connectivity index (χ3v) is 4.63. The highest BCUT2D eigenvalue weighted by atomic mass is 16.6. The number of hydrogen-bond donors (Lipinski definition) is 3. The molecule has 3 N–H and O–H groups in total. The molecular weight excluding hydrogens is 430 g/mol. The van der Waals surface area contributed by atoms with Gasteiger partial charge in [0.15, 0.2) is 5.84 Å². The van der Waals surface area contributed by atoms with Crippen LogP contribution in [0.25, 0.3) is 5.70 Å². The standard InChI is InChI=1S/C26H32N5O3/c1-17(2)29-23-24(32)31-22(16-28-23)19-13-20(27-12-11-18-9-7-6-8-10-18)15-21(14-19)30-25(33)34-26(3,4)5/h6-10,13-17,27H,11-12H2,1-5H3,(H,28,29)(H,30,33). The zero-order valence-corrected chi connectivity index (χ0v) is 20.3. The SMILES string of the molecule is CC(C)NC1=NC=C(c2cc(NCCc3ccccc3)cc(NC(=O)OC(C)(C)C)c2)[N]C1=O. The van der Waals surface area contributed by atoms with Crippen LogP contribution >= 0.6 is 0 Å². The summed E-state index contributed by atoms with van der Waals surface area (Å²) in [4.78, 5) is 29.0. The molecule has 8 nitrogen and oxygen atoms in total. The molecule has 34 heavy (non-hydrogen) atoms. The Bertz CT molecular complexity index is 1090. The zero-order chi connectivity index (χ0) is 24.7. The molecule has 2 amide bonds. The summed E-state index contributed by atoms with van der Waals surface area (Å²) >= 11 is 0. The van der Waals surface area contributed by atoms with Gasteiger partial charge in [-0.3, -0.25) is 10.1 Å². The van der Waals surface area contributed by atoms with Gasteiger partial charge in [0.2, 0.25) is 0 Å². The third-order valence-electron chi connectivity index (χ3n) is 4.63. The molecule has 0 spiro atoms. The van der Waals surface area contributed by atoms with Gasteiger partial charge in [0.05, 0.1) is 11.9 Å². The Morgan fingerprint density at radius 3 is 2.41 bits per heavy atom. The minimum Gasteiger partial charge on any atom is -0.444 e. The van der Waals surface area contributed by atoms with Gasteiger partial charge in [-0.15, -0.1) is 0 Å². The number of anilines is 2. The Labute approximate surface area is 200 Å². The van der Waals surface area contributed by atoms with E-state index in [4.69, 9.17) is 4.74 Å². The summed E-state index contributed by atoms with van der Waals surface area (Å²) < 4.78 is 5.38. The highest BCUT2D eigenvalue weighted by Gasteiger charge is 2.22. The number of rotatable bonds is 7. The Kier molecular flexibility index (Phi) is 7.94. The van der Waals surface area contributed by atoms with Gasteiger partial charge in [0.25, 0.3) is 0 Å². The molecule has 0 atom stereocenters. The van der Waals surface area contributed by atoms with E-state index in [1.165, 1.54) is 5.56 Å². The third kappa shape index (κ3) is 7.65. The molecule has 2 aromatic rings. The largest absolute Gasteiger partial charge is 0.444 e. The van der Waals surface area contributed by atoms with Gasteiger partial charge >= 0.3 is 12.0 Å². The second-order valence-electron chi connectivity index (χ2n) is 9.30. The molecule has 0 aliphatic carbocycles. The summed E-state index contributed by atoms with van der Waals surface area (Å²) in [6.07, 6.45) is 1.82. The highest BCUT2D eigenvalue weighted by Crippen LogP contribution is 2.26. The van der Waals surface area contributed by atoms with E-state index in [0.717, 1.165) is 12.1 Å². The van der Waals surface area contributed by atoms with Crippen LogP contribution < -0.4 is 21.3 Å². The van der Waals surface area contributed by atoms with E-state index in [0.29, 0.717) is 23.5 Å². The fourth-order valence-corrected chi connectivity index (χ4v) is 3.25. The average Bonchev–Trinajstić information content (AvgIpc) is 2.74. The molecule has 2 aromatic carbocycles. The zero-order valence-electron chi connectivity index (χ0n) is 20.3. The number of nitrogens with one attached hydrogen (secondary N) is 3. The van der Waals surface area contributed by atoms with E-state index in [-0.39, 0.29) is 11.9 Å². The first-order chi connectivity index (χ1) is 16.1. The summed E-state index contributed by atoms with van der Waals surface area (Å²) in [7, 11) is 0. The van der Waals surface area contributed by atoms with Crippen molar-refractivity contribution in [1.29, 1.82) is 0 Å². The molecule has 8 heteroatoms. The Balaban J connectivity index is 1.83. The number of amides is 2. The Hall–Kier alpha value is -3.81. The van der Waals surface area contributed by atoms with Crippen LogP contribution in [-0.4, -0.2) is 36.0 Å². The lowest BCUT2D eigenvalue weighted by molar-refractivity contribution is -0.114.